The Bertz CT molecular complexity index is 757. The molecule has 0 spiro atoms. The third-order valence-electron chi connectivity index (χ3n) is 4.93. The van der Waals surface area contributed by atoms with Crippen LogP contribution in [0.1, 0.15) is 36.4 Å². The van der Waals surface area contributed by atoms with Gasteiger partial charge in [0.05, 0.1) is 0 Å². The minimum Gasteiger partial charge on any atom is -0.362 e. The van der Waals surface area contributed by atoms with Gasteiger partial charge >= 0.3 is 0 Å². The first kappa shape index (κ1) is 19.3. The van der Waals surface area contributed by atoms with Crippen LogP contribution in [0.2, 0.25) is 0 Å². The topological polar surface area (TPSA) is 48.5 Å². The number of aromatic nitrogens is 1. The van der Waals surface area contributed by atoms with Crippen molar-refractivity contribution >= 4 is 11.7 Å². The summed E-state index contributed by atoms with van der Waals surface area (Å²) in [5.41, 5.74) is 1.79. The second kappa shape index (κ2) is 8.95. The highest BCUT2D eigenvalue weighted by molar-refractivity contribution is 5.83. The Hall–Kier alpha value is -2.47. The molecule has 1 N–H and O–H groups in total. The lowest BCUT2D eigenvalue weighted by Gasteiger charge is -2.34. The summed E-state index contributed by atoms with van der Waals surface area (Å²) in [4.78, 5) is 21.6. The van der Waals surface area contributed by atoms with Crippen LogP contribution in [0.25, 0.3) is 0 Å². The number of nitrogens with one attached hydrogen (secondary N) is 1. The quantitative estimate of drug-likeness (QED) is 0.849. The first-order chi connectivity index (χ1) is 13.1. The molecule has 3 rings (SSSR count). The Morgan fingerprint density at radius 2 is 1.89 bits per heavy atom. The summed E-state index contributed by atoms with van der Waals surface area (Å²) < 4.78 is 13.4. The summed E-state index contributed by atoms with van der Waals surface area (Å²) >= 11 is 0. The van der Waals surface area contributed by atoms with Crippen molar-refractivity contribution in [3.05, 3.63) is 59.5 Å². The number of anilines is 1. The van der Waals surface area contributed by atoms with Crippen molar-refractivity contribution in [3.8, 4) is 0 Å². The molecule has 1 aromatic heterocycles. The molecule has 27 heavy (non-hydrogen) atoms. The third-order valence-corrected chi connectivity index (χ3v) is 4.93. The van der Waals surface area contributed by atoms with E-state index in [0.29, 0.717) is 6.54 Å². The molecule has 0 bridgehead atoms. The molecule has 0 aliphatic carbocycles. The summed E-state index contributed by atoms with van der Waals surface area (Å²) in [7, 11) is 3.87. The number of pyridine rings is 1. The van der Waals surface area contributed by atoms with E-state index in [1.54, 1.807) is 18.3 Å². The number of benzene rings is 1. The Balaban J connectivity index is 1.78. The largest absolute Gasteiger partial charge is 0.362 e. The molecule has 1 amide bonds. The molecule has 1 atom stereocenters. The van der Waals surface area contributed by atoms with Gasteiger partial charge in [0.2, 0.25) is 5.91 Å². The van der Waals surface area contributed by atoms with Crippen molar-refractivity contribution in [1.29, 1.82) is 0 Å². The predicted molar refractivity (Wildman–Crippen MR) is 105 cm³/mol. The van der Waals surface area contributed by atoms with E-state index in [2.05, 4.69) is 15.2 Å². The van der Waals surface area contributed by atoms with Gasteiger partial charge in [0, 0.05) is 32.4 Å². The van der Waals surface area contributed by atoms with E-state index < -0.39 is 6.04 Å². The Kier molecular flexibility index (Phi) is 6.40. The van der Waals surface area contributed by atoms with Gasteiger partial charge in [-0.25, -0.2) is 9.37 Å². The molecule has 144 valence electrons. The summed E-state index contributed by atoms with van der Waals surface area (Å²) in [6.45, 7) is 2.17. The molecule has 1 aliphatic heterocycles. The van der Waals surface area contributed by atoms with Crippen LogP contribution in [0.5, 0.6) is 0 Å². The minimum atomic E-state index is -0.398. The van der Waals surface area contributed by atoms with E-state index >= 15 is 0 Å². The first-order valence-corrected chi connectivity index (χ1v) is 9.44. The third kappa shape index (κ3) is 4.83. The molecule has 0 saturated carbocycles. The van der Waals surface area contributed by atoms with Gasteiger partial charge in [-0.15, -0.1) is 0 Å². The Labute approximate surface area is 160 Å². The van der Waals surface area contributed by atoms with Gasteiger partial charge in [0.1, 0.15) is 17.7 Å². The maximum Gasteiger partial charge on any atom is 0.242 e. The van der Waals surface area contributed by atoms with Gasteiger partial charge in [0.15, 0.2) is 0 Å². The monoisotopic (exact) mass is 370 g/mol. The lowest BCUT2D eigenvalue weighted by Crippen LogP contribution is -2.42. The predicted octanol–water partition coefficient (Wildman–Crippen LogP) is 3.13. The highest BCUT2D eigenvalue weighted by Crippen LogP contribution is 2.25. The van der Waals surface area contributed by atoms with E-state index in [1.807, 2.05) is 31.1 Å². The number of piperidine rings is 1. The van der Waals surface area contributed by atoms with Gasteiger partial charge in [-0.2, -0.15) is 0 Å². The average Bonchev–Trinajstić information content (AvgIpc) is 2.69. The highest BCUT2D eigenvalue weighted by Gasteiger charge is 2.28. The fourth-order valence-corrected chi connectivity index (χ4v) is 3.60. The van der Waals surface area contributed by atoms with E-state index in [9.17, 15) is 9.18 Å². The fourth-order valence-electron chi connectivity index (χ4n) is 3.60. The van der Waals surface area contributed by atoms with Crippen molar-refractivity contribution in [2.24, 2.45) is 0 Å². The van der Waals surface area contributed by atoms with Crippen molar-refractivity contribution in [2.45, 2.75) is 31.8 Å². The van der Waals surface area contributed by atoms with E-state index in [4.69, 9.17) is 0 Å². The lowest BCUT2D eigenvalue weighted by molar-refractivity contribution is -0.127. The van der Waals surface area contributed by atoms with Crippen LogP contribution in [-0.4, -0.2) is 43.0 Å². The maximum absolute atomic E-state index is 13.4. The summed E-state index contributed by atoms with van der Waals surface area (Å²) in [5.74, 6) is 0.494. The van der Waals surface area contributed by atoms with Crippen LogP contribution in [0.3, 0.4) is 0 Å². The number of hydrogen-bond acceptors (Lipinski definition) is 4. The van der Waals surface area contributed by atoms with Crippen LogP contribution in [0.15, 0.2) is 42.6 Å². The Morgan fingerprint density at radius 1 is 1.19 bits per heavy atom. The van der Waals surface area contributed by atoms with E-state index in [0.717, 1.165) is 42.9 Å². The molecule has 5 nitrogen and oxygen atoms in total. The standard InChI is InChI=1S/C21H27FN4O/c1-25(2)20-17(7-6-12-23-20)15-24-21(27)19(26-13-4-3-5-14-26)16-8-10-18(22)11-9-16/h6-12,19H,3-5,13-15H2,1-2H3,(H,24,27). The maximum atomic E-state index is 13.4. The number of likely N-dealkylation sites (tertiary alicyclic amines) is 1. The first-order valence-electron chi connectivity index (χ1n) is 9.44. The van der Waals surface area contributed by atoms with Gasteiger partial charge in [-0.05, 0) is 49.7 Å². The minimum absolute atomic E-state index is 0.0583. The molecule has 1 saturated heterocycles. The van der Waals surface area contributed by atoms with Gasteiger partial charge < -0.3 is 10.2 Å². The zero-order chi connectivity index (χ0) is 19.2. The van der Waals surface area contributed by atoms with Gasteiger partial charge in [0.25, 0.3) is 0 Å². The van der Waals surface area contributed by atoms with Crippen molar-refractivity contribution in [2.75, 3.05) is 32.1 Å². The number of hydrogen-bond donors (Lipinski definition) is 1. The number of carbonyl (C=O) groups is 1. The molecule has 1 unspecified atom stereocenters. The molecular weight excluding hydrogens is 343 g/mol. The molecule has 1 aromatic carbocycles. The van der Waals surface area contributed by atoms with Gasteiger partial charge in [-0.1, -0.05) is 24.6 Å². The van der Waals surface area contributed by atoms with Crippen LogP contribution in [-0.2, 0) is 11.3 Å². The number of nitrogens with zero attached hydrogens (tertiary/aromatic N) is 3. The van der Waals surface area contributed by atoms with Gasteiger partial charge in [-0.3, -0.25) is 9.69 Å². The average molecular weight is 370 g/mol. The normalized spacial score (nSPS) is 16.0. The zero-order valence-corrected chi connectivity index (χ0v) is 16.0. The second-order valence-corrected chi connectivity index (χ2v) is 7.15. The molecule has 2 aromatic rings. The Morgan fingerprint density at radius 3 is 2.56 bits per heavy atom. The number of rotatable bonds is 6. The smallest absolute Gasteiger partial charge is 0.242 e. The molecular formula is C21H27FN4O. The summed E-state index contributed by atoms with van der Waals surface area (Å²) in [6, 6.07) is 9.71. The van der Waals surface area contributed by atoms with Crippen molar-refractivity contribution < 1.29 is 9.18 Å². The number of carbonyl (C=O) groups excluding carboxylic acids is 1. The highest BCUT2D eigenvalue weighted by atomic mass is 19.1. The number of amides is 1. The summed E-state index contributed by atoms with van der Waals surface area (Å²) in [6.07, 6.45) is 5.10. The molecule has 6 heteroatoms. The van der Waals surface area contributed by atoms with Crippen LogP contribution >= 0.6 is 0 Å². The lowest BCUT2D eigenvalue weighted by atomic mass is 10.0. The molecule has 0 radical (unpaired) electrons. The number of halogens is 1. The van der Waals surface area contributed by atoms with E-state index in [-0.39, 0.29) is 11.7 Å². The van der Waals surface area contributed by atoms with Crippen LogP contribution in [0.4, 0.5) is 10.2 Å². The van der Waals surface area contributed by atoms with Crippen molar-refractivity contribution in [1.82, 2.24) is 15.2 Å². The molecule has 1 fully saturated rings. The van der Waals surface area contributed by atoms with E-state index in [1.165, 1.54) is 18.6 Å². The molecule has 2 heterocycles. The van der Waals surface area contributed by atoms with Crippen LogP contribution in [0, 0.1) is 5.82 Å². The second-order valence-electron chi connectivity index (χ2n) is 7.15. The molecule has 1 aliphatic rings. The SMILES string of the molecule is CN(C)c1ncccc1CNC(=O)C(c1ccc(F)cc1)N1CCCCC1. The van der Waals surface area contributed by atoms with Crippen molar-refractivity contribution in [3.63, 3.8) is 0 Å². The zero-order valence-electron chi connectivity index (χ0n) is 16.0. The fraction of sp³-hybridized carbons (Fsp3) is 0.429. The summed E-state index contributed by atoms with van der Waals surface area (Å²) in [5, 5.41) is 3.06. The van der Waals surface area contributed by atoms with Crippen LogP contribution < -0.4 is 10.2 Å².